The third-order valence-corrected chi connectivity index (χ3v) is 3.62. The Balaban J connectivity index is 2.04. The minimum Gasteiger partial charge on any atom is -0.377 e. The normalized spacial score (nSPS) is 21.8. The molecule has 1 saturated heterocycles. The van der Waals surface area contributed by atoms with Crippen molar-refractivity contribution in [2.75, 3.05) is 6.61 Å². The van der Waals surface area contributed by atoms with Gasteiger partial charge in [0.15, 0.2) is 0 Å². The first-order chi connectivity index (χ1) is 8.70. The van der Waals surface area contributed by atoms with Gasteiger partial charge in [-0.3, -0.25) is 11.3 Å². The number of benzene rings is 1. The zero-order valence-corrected chi connectivity index (χ0v) is 10.8. The van der Waals surface area contributed by atoms with Crippen LogP contribution in [0.1, 0.15) is 30.4 Å². The molecule has 0 saturated carbocycles. The molecule has 1 aliphatic heterocycles. The van der Waals surface area contributed by atoms with Crippen LogP contribution in [0.15, 0.2) is 18.2 Å². The first kappa shape index (κ1) is 13.5. The predicted octanol–water partition coefficient (Wildman–Crippen LogP) is 2.08. The molecular formula is C14H21FN2O. The van der Waals surface area contributed by atoms with Gasteiger partial charge in [0, 0.05) is 6.61 Å². The molecule has 100 valence electrons. The Kier molecular flexibility index (Phi) is 4.69. The summed E-state index contributed by atoms with van der Waals surface area (Å²) in [5.41, 5.74) is 4.93. The topological polar surface area (TPSA) is 47.3 Å². The molecule has 1 heterocycles. The fraction of sp³-hybridized carbons (Fsp3) is 0.571. The highest BCUT2D eigenvalue weighted by Gasteiger charge is 2.24. The average molecular weight is 252 g/mol. The van der Waals surface area contributed by atoms with Crippen molar-refractivity contribution in [1.29, 1.82) is 0 Å². The molecule has 3 N–H and O–H groups in total. The molecule has 0 amide bonds. The van der Waals surface area contributed by atoms with E-state index in [2.05, 4.69) is 5.43 Å². The zero-order chi connectivity index (χ0) is 13.0. The summed E-state index contributed by atoms with van der Waals surface area (Å²) in [5, 5.41) is 0. The molecular weight excluding hydrogens is 231 g/mol. The molecule has 18 heavy (non-hydrogen) atoms. The summed E-state index contributed by atoms with van der Waals surface area (Å²) in [5.74, 6) is 5.44. The van der Waals surface area contributed by atoms with E-state index in [-0.39, 0.29) is 18.0 Å². The van der Waals surface area contributed by atoms with Gasteiger partial charge < -0.3 is 4.74 Å². The number of nitrogens with one attached hydrogen (secondary N) is 1. The van der Waals surface area contributed by atoms with E-state index in [4.69, 9.17) is 10.6 Å². The maximum atomic E-state index is 13.1. The summed E-state index contributed by atoms with van der Waals surface area (Å²) in [6, 6.07) is 4.98. The highest BCUT2D eigenvalue weighted by molar-refractivity contribution is 5.27. The van der Waals surface area contributed by atoms with Crippen LogP contribution < -0.4 is 11.3 Å². The Bertz CT molecular complexity index is 391. The second-order valence-corrected chi connectivity index (χ2v) is 4.95. The van der Waals surface area contributed by atoms with Crippen LogP contribution in [0.2, 0.25) is 0 Å². The smallest absolute Gasteiger partial charge is 0.123 e. The fourth-order valence-electron chi connectivity index (χ4n) is 2.51. The fourth-order valence-corrected chi connectivity index (χ4v) is 2.51. The summed E-state index contributed by atoms with van der Waals surface area (Å²) < 4.78 is 18.8. The van der Waals surface area contributed by atoms with Gasteiger partial charge in [0.25, 0.3) is 0 Å². The van der Waals surface area contributed by atoms with Crippen LogP contribution in [-0.2, 0) is 11.2 Å². The summed E-state index contributed by atoms with van der Waals surface area (Å²) in [4.78, 5) is 0. The van der Waals surface area contributed by atoms with E-state index < -0.39 is 0 Å². The summed E-state index contributed by atoms with van der Waals surface area (Å²) in [7, 11) is 0. The van der Waals surface area contributed by atoms with Crippen LogP contribution >= 0.6 is 0 Å². The lowest BCUT2D eigenvalue weighted by atomic mass is 9.94. The standard InChI is InChI=1S/C14H21FN2O/c1-10-8-12(15)6-5-11(10)9-13(17-16)14-4-2-3-7-18-14/h5-6,8,13-14,17H,2-4,7,9,16H2,1H3. The van der Waals surface area contributed by atoms with E-state index >= 15 is 0 Å². The lowest BCUT2D eigenvalue weighted by Crippen LogP contribution is -2.47. The summed E-state index contributed by atoms with van der Waals surface area (Å²) in [6.45, 7) is 2.74. The van der Waals surface area contributed by atoms with Crippen LogP contribution in [0.3, 0.4) is 0 Å². The van der Waals surface area contributed by atoms with Gasteiger partial charge in [-0.05, 0) is 55.9 Å². The van der Waals surface area contributed by atoms with E-state index in [9.17, 15) is 4.39 Å². The Labute approximate surface area is 107 Å². The maximum absolute atomic E-state index is 13.1. The van der Waals surface area contributed by atoms with Gasteiger partial charge in [0.1, 0.15) is 5.82 Å². The van der Waals surface area contributed by atoms with Crippen molar-refractivity contribution < 1.29 is 9.13 Å². The highest BCUT2D eigenvalue weighted by atomic mass is 19.1. The number of hydrogen-bond donors (Lipinski definition) is 2. The minimum atomic E-state index is -0.192. The third-order valence-electron chi connectivity index (χ3n) is 3.62. The van der Waals surface area contributed by atoms with Gasteiger partial charge in [-0.2, -0.15) is 0 Å². The SMILES string of the molecule is Cc1cc(F)ccc1CC(NN)C1CCCCO1. The van der Waals surface area contributed by atoms with Crippen LogP contribution in [0, 0.1) is 12.7 Å². The number of hydrogen-bond acceptors (Lipinski definition) is 3. The Morgan fingerprint density at radius 2 is 2.33 bits per heavy atom. The maximum Gasteiger partial charge on any atom is 0.123 e. The molecule has 1 aliphatic rings. The Morgan fingerprint density at radius 3 is 2.94 bits per heavy atom. The zero-order valence-electron chi connectivity index (χ0n) is 10.8. The second-order valence-electron chi connectivity index (χ2n) is 4.95. The van der Waals surface area contributed by atoms with Crippen molar-refractivity contribution in [1.82, 2.24) is 5.43 Å². The van der Waals surface area contributed by atoms with Gasteiger partial charge >= 0.3 is 0 Å². The van der Waals surface area contributed by atoms with Gasteiger partial charge in [-0.25, -0.2) is 4.39 Å². The van der Waals surface area contributed by atoms with Crippen molar-refractivity contribution in [3.63, 3.8) is 0 Å². The van der Waals surface area contributed by atoms with Crippen LogP contribution in [0.4, 0.5) is 4.39 Å². The molecule has 0 bridgehead atoms. The van der Waals surface area contributed by atoms with Crippen molar-refractivity contribution in [3.8, 4) is 0 Å². The van der Waals surface area contributed by atoms with Crippen molar-refractivity contribution >= 4 is 0 Å². The van der Waals surface area contributed by atoms with E-state index in [1.54, 1.807) is 6.07 Å². The number of ether oxygens (including phenoxy) is 1. The molecule has 0 spiro atoms. The molecule has 1 fully saturated rings. The molecule has 2 rings (SSSR count). The first-order valence-electron chi connectivity index (χ1n) is 6.53. The molecule has 1 aromatic rings. The van der Waals surface area contributed by atoms with E-state index in [0.717, 1.165) is 37.0 Å². The van der Waals surface area contributed by atoms with E-state index in [0.29, 0.717) is 0 Å². The lowest BCUT2D eigenvalue weighted by molar-refractivity contribution is -0.00746. The molecule has 3 nitrogen and oxygen atoms in total. The molecule has 0 radical (unpaired) electrons. The predicted molar refractivity (Wildman–Crippen MR) is 69.5 cm³/mol. The van der Waals surface area contributed by atoms with Gasteiger partial charge in [0.05, 0.1) is 12.1 Å². The lowest BCUT2D eigenvalue weighted by Gasteiger charge is -2.30. The van der Waals surface area contributed by atoms with Gasteiger partial charge in [-0.1, -0.05) is 6.07 Å². The van der Waals surface area contributed by atoms with Crippen LogP contribution in [0.5, 0.6) is 0 Å². The van der Waals surface area contributed by atoms with Crippen molar-refractivity contribution in [3.05, 3.63) is 35.1 Å². The second kappa shape index (κ2) is 6.27. The van der Waals surface area contributed by atoms with Crippen LogP contribution in [0.25, 0.3) is 0 Å². The van der Waals surface area contributed by atoms with E-state index in [1.807, 2.05) is 13.0 Å². The Morgan fingerprint density at radius 1 is 1.50 bits per heavy atom. The number of aryl methyl sites for hydroxylation is 1. The molecule has 4 heteroatoms. The third kappa shape index (κ3) is 3.28. The molecule has 2 atom stereocenters. The number of rotatable bonds is 4. The van der Waals surface area contributed by atoms with Gasteiger partial charge in [0.2, 0.25) is 0 Å². The van der Waals surface area contributed by atoms with Crippen molar-refractivity contribution in [2.45, 2.75) is 44.8 Å². The Hall–Kier alpha value is -0.970. The molecule has 2 unspecified atom stereocenters. The molecule has 0 aromatic heterocycles. The summed E-state index contributed by atoms with van der Waals surface area (Å²) >= 11 is 0. The number of halogens is 1. The number of hydrazine groups is 1. The van der Waals surface area contributed by atoms with E-state index in [1.165, 1.54) is 12.5 Å². The van der Waals surface area contributed by atoms with Gasteiger partial charge in [-0.15, -0.1) is 0 Å². The monoisotopic (exact) mass is 252 g/mol. The average Bonchev–Trinajstić information content (AvgIpc) is 2.39. The quantitative estimate of drug-likeness (QED) is 0.637. The largest absolute Gasteiger partial charge is 0.377 e. The highest BCUT2D eigenvalue weighted by Crippen LogP contribution is 2.20. The first-order valence-corrected chi connectivity index (χ1v) is 6.53. The molecule has 1 aromatic carbocycles. The van der Waals surface area contributed by atoms with Crippen LogP contribution in [-0.4, -0.2) is 18.8 Å². The van der Waals surface area contributed by atoms with Crippen molar-refractivity contribution in [2.24, 2.45) is 5.84 Å². The minimum absolute atomic E-state index is 0.0921. The molecule has 0 aliphatic carbocycles. The number of nitrogens with two attached hydrogens (primary N) is 1. The summed E-state index contributed by atoms with van der Waals surface area (Å²) in [6.07, 6.45) is 4.28.